The first-order valence-corrected chi connectivity index (χ1v) is 7.05. The molecule has 16 heavy (non-hydrogen) atoms. The van der Waals surface area contributed by atoms with Crippen molar-refractivity contribution in [1.82, 2.24) is 0 Å². The summed E-state index contributed by atoms with van der Waals surface area (Å²) >= 11 is 0. The number of rotatable bonds is 8. The molecule has 2 unspecified atom stereocenters. The van der Waals surface area contributed by atoms with Crippen LogP contribution in [0.3, 0.4) is 0 Å². The van der Waals surface area contributed by atoms with Gasteiger partial charge in [-0.3, -0.25) is 4.57 Å². The van der Waals surface area contributed by atoms with Crippen LogP contribution < -0.4 is 4.89 Å². The minimum Gasteiger partial charge on any atom is -0.756 e. The van der Waals surface area contributed by atoms with Crippen LogP contribution in [-0.2, 0) is 33.1 Å². The van der Waals surface area contributed by atoms with E-state index in [9.17, 15) is 9.46 Å². The van der Waals surface area contributed by atoms with Crippen LogP contribution in [0.2, 0.25) is 0 Å². The molecule has 0 spiro atoms. The number of phosphoric acid groups is 1. The third-order valence-electron chi connectivity index (χ3n) is 2.01. The second-order valence-electron chi connectivity index (χ2n) is 3.86. The van der Waals surface area contributed by atoms with Gasteiger partial charge in [-0.15, -0.1) is 0 Å². The Bertz CT molecular complexity index is 195. The van der Waals surface area contributed by atoms with E-state index in [1.54, 1.807) is 13.8 Å². The number of hydrogen-bond acceptors (Lipinski definition) is 4. The van der Waals surface area contributed by atoms with Crippen molar-refractivity contribution < 1.29 is 38.0 Å². The van der Waals surface area contributed by atoms with Crippen molar-refractivity contribution in [2.24, 2.45) is 0 Å². The predicted molar refractivity (Wildman–Crippen MR) is 58.5 cm³/mol. The second-order valence-corrected chi connectivity index (χ2v) is 5.17. The molecule has 0 aromatic heterocycles. The molecule has 0 aromatic rings. The number of hydrogen-bond donors (Lipinski definition) is 0. The Morgan fingerprint density at radius 2 is 1.38 bits per heavy atom. The van der Waals surface area contributed by atoms with Gasteiger partial charge in [0.05, 0.1) is 12.2 Å². The zero-order valence-corrected chi connectivity index (χ0v) is 14.6. The van der Waals surface area contributed by atoms with Crippen molar-refractivity contribution in [1.29, 1.82) is 0 Å². The molecule has 0 bridgehead atoms. The van der Waals surface area contributed by atoms with E-state index >= 15 is 0 Å². The maximum atomic E-state index is 11.4. The molecular formula is C10H22O4PZn-. The average Bonchev–Trinajstić information content (AvgIpc) is 2.01. The minimum absolute atomic E-state index is 0. The zero-order valence-electron chi connectivity index (χ0n) is 10.8. The van der Waals surface area contributed by atoms with E-state index in [1.807, 2.05) is 13.8 Å². The molecule has 0 fully saturated rings. The van der Waals surface area contributed by atoms with Gasteiger partial charge >= 0.3 is 0 Å². The van der Waals surface area contributed by atoms with Crippen LogP contribution in [0.25, 0.3) is 0 Å². The molecule has 0 saturated carbocycles. The average molecular weight is 303 g/mol. The van der Waals surface area contributed by atoms with Crippen LogP contribution in [0.5, 0.6) is 0 Å². The zero-order chi connectivity index (χ0) is 11.9. The Balaban J connectivity index is 0. The van der Waals surface area contributed by atoms with Gasteiger partial charge in [0.2, 0.25) is 0 Å². The van der Waals surface area contributed by atoms with Crippen molar-refractivity contribution in [2.45, 2.75) is 65.6 Å². The Labute approximate surface area is 111 Å². The molecule has 0 N–H and O–H groups in total. The van der Waals surface area contributed by atoms with Crippen LogP contribution in [0.1, 0.15) is 53.4 Å². The summed E-state index contributed by atoms with van der Waals surface area (Å²) < 4.78 is 21.1. The molecule has 0 saturated heterocycles. The van der Waals surface area contributed by atoms with Gasteiger partial charge in [-0.2, -0.15) is 0 Å². The van der Waals surface area contributed by atoms with Gasteiger partial charge in [0.1, 0.15) is 0 Å². The molecule has 0 aromatic carbocycles. The first kappa shape index (κ1) is 19.1. The Morgan fingerprint density at radius 3 is 1.62 bits per heavy atom. The van der Waals surface area contributed by atoms with Crippen LogP contribution in [-0.4, -0.2) is 12.2 Å². The normalized spacial score (nSPS) is 18.3. The molecule has 6 heteroatoms. The first-order chi connectivity index (χ1) is 6.91. The fourth-order valence-electron chi connectivity index (χ4n) is 1.38. The van der Waals surface area contributed by atoms with E-state index in [4.69, 9.17) is 9.05 Å². The monoisotopic (exact) mass is 301 g/mol. The molecule has 0 rings (SSSR count). The van der Waals surface area contributed by atoms with Crippen molar-refractivity contribution in [3.05, 3.63) is 0 Å². The largest absolute Gasteiger partial charge is 0.756 e. The summed E-state index contributed by atoms with van der Waals surface area (Å²) in [5, 5.41) is 0. The quantitative estimate of drug-likeness (QED) is 0.511. The van der Waals surface area contributed by atoms with E-state index < -0.39 is 7.82 Å². The molecule has 94 valence electrons. The van der Waals surface area contributed by atoms with Crippen LogP contribution in [0, 0.1) is 0 Å². The van der Waals surface area contributed by atoms with Crippen molar-refractivity contribution in [3.63, 3.8) is 0 Å². The van der Waals surface area contributed by atoms with E-state index in [2.05, 4.69) is 0 Å². The van der Waals surface area contributed by atoms with Crippen molar-refractivity contribution >= 4 is 7.82 Å². The maximum absolute atomic E-state index is 11.4. The van der Waals surface area contributed by atoms with Crippen LogP contribution in [0.4, 0.5) is 0 Å². The summed E-state index contributed by atoms with van der Waals surface area (Å²) in [4.78, 5) is 11.4. The van der Waals surface area contributed by atoms with E-state index in [-0.39, 0.29) is 31.7 Å². The molecule has 0 aliphatic rings. The fourth-order valence-corrected chi connectivity index (χ4v) is 2.53. The van der Waals surface area contributed by atoms with Gasteiger partial charge in [-0.25, -0.2) is 0 Å². The third-order valence-corrected chi connectivity index (χ3v) is 3.24. The summed E-state index contributed by atoms with van der Waals surface area (Å²) in [7, 11) is -4.11. The number of phosphoric ester groups is 1. The predicted octanol–water partition coefficient (Wildman–Crippen LogP) is 2.86. The summed E-state index contributed by atoms with van der Waals surface area (Å²) in [6.45, 7) is 7.44. The fraction of sp³-hybridized carbons (Fsp3) is 1.00. The van der Waals surface area contributed by atoms with Gasteiger partial charge in [0.25, 0.3) is 7.82 Å². The molecule has 0 aliphatic carbocycles. The summed E-state index contributed by atoms with van der Waals surface area (Å²) in [6.07, 6.45) is 2.63. The molecular weight excluding hydrogens is 280 g/mol. The van der Waals surface area contributed by atoms with E-state index in [0.29, 0.717) is 0 Å². The van der Waals surface area contributed by atoms with Gasteiger partial charge < -0.3 is 13.9 Å². The van der Waals surface area contributed by atoms with Gasteiger partial charge in [0.15, 0.2) is 0 Å². The summed E-state index contributed by atoms with van der Waals surface area (Å²) in [6, 6.07) is 0. The molecule has 0 amide bonds. The summed E-state index contributed by atoms with van der Waals surface area (Å²) in [5.74, 6) is 0. The van der Waals surface area contributed by atoms with Crippen LogP contribution in [0.15, 0.2) is 0 Å². The van der Waals surface area contributed by atoms with E-state index in [1.165, 1.54) is 0 Å². The van der Waals surface area contributed by atoms with E-state index in [0.717, 1.165) is 25.7 Å². The Morgan fingerprint density at radius 1 is 1.06 bits per heavy atom. The molecule has 2 atom stereocenters. The smallest absolute Gasteiger partial charge is 0.268 e. The van der Waals surface area contributed by atoms with Crippen LogP contribution >= 0.6 is 7.82 Å². The topological polar surface area (TPSA) is 58.6 Å². The second kappa shape index (κ2) is 9.73. The van der Waals surface area contributed by atoms with Crippen molar-refractivity contribution in [3.8, 4) is 0 Å². The van der Waals surface area contributed by atoms with Gasteiger partial charge in [-0.05, 0) is 26.7 Å². The van der Waals surface area contributed by atoms with Crippen molar-refractivity contribution in [2.75, 3.05) is 0 Å². The summed E-state index contributed by atoms with van der Waals surface area (Å²) in [5.41, 5.74) is 0. The van der Waals surface area contributed by atoms with Gasteiger partial charge in [-0.1, -0.05) is 26.7 Å². The minimum atomic E-state index is -4.11. The Kier molecular flexibility index (Phi) is 11.6. The SMILES string of the molecule is CCCC(C)OP(=O)([O-])OC(C)CCC.[Zn]. The third kappa shape index (κ3) is 9.92. The maximum Gasteiger partial charge on any atom is 0.268 e. The molecule has 0 radical (unpaired) electrons. The molecule has 0 aliphatic heterocycles. The first-order valence-electron chi connectivity index (χ1n) is 5.59. The van der Waals surface area contributed by atoms with Gasteiger partial charge in [0, 0.05) is 19.5 Å². The molecule has 4 nitrogen and oxygen atoms in total. The molecule has 0 heterocycles. The standard InChI is InChI=1S/C10H23O4P.Zn/c1-5-7-9(3)13-15(11,12)14-10(4)8-6-2;/h9-10H,5-8H2,1-4H3,(H,11,12);/p-1. The Hall–Kier alpha value is 0.733.